The van der Waals surface area contributed by atoms with Crippen molar-refractivity contribution in [2.75, 3.05) is 13.2 Å². The molecule has 3 heterocycles. The van der Waals surface area contributed by atoms with Crippen molar-refractivity contribution in [3.05, 3.63) is 64.1 Å². The maximum atomic E-state index is 12.6. The van der Waals surface area contributed by atoms with Crippen LogP contribution in [0.15, 0.2) is 57.8 Å². The zero-order valence-electron chi connectivity index (χ0n) is 18.8. The zero-order valence-corrected chi connectivity index (χ0v) is 19.6. The van der Waals surface area contributed by atoms with Gasteiger partial charge < -0.3 is 18.4 Å². The fourth-order valence-electron chi connectivity index (χ4n) is 3.64. The third kappa shape index (κ3) is 5.08. The number of fused-ring (bicyclic) bond motifs is 3. The fraction of sp³-hybridized carbons (Fsp3) is 0.318. The molecule has 192 valence electrons. The van der Waals surface area contributed by atoms with E-state index in [1.165, 1.54) is 22.8 Å². The monoisotopic (exact) mass is 527 g/mol. The normalized spacial score (nSPS) is 17.6. The quantitative estimate of drug-likeness (QED) is 0.307. The van der Waals surface area contributed by atoms with E-state index in [1.807, 2.05) is 0 Å². The molecule has 36 heavy (non-hydrogen) atoms. The minimum Gasteiger partial charge on any atom is -0.478 e. The van der Waals surface area contributed by atoms with Gasteiger partial charge in [0.25, 0.3) is 5.88 Å². The number of aliphatic imine (C=N–C) groups is 1. The minimum absolute atomic E-state index is 0.00366. The molecule has 0 N–H and O–H groups in total. The van der Waals surface area contributed by atoms with E-state index in [0.29, 0.717) is 22.6 Å². The number of aromatic nitrogens is 2. The van der Waals surface area contributed by atoms with E-state index >= 15 is 0 Å². The van der Waals surface area contributed by atoms with Crippen molar-refractivity contribution in [3.8, 4) is 22.9 Å². The molecule has 0 spiro atoms. The first-order valence-corrected chi connectivity index (χ1v) is 11.9. The van der Waals surface area contributed by atoms with Gasteiger partial charge in [0, 0.05) is 18.2 Å². The van der Waals surface area contributed by atoms with E-state index in [2.05, 4.69) is 20.9 Å². The predicted octanol–water partition coefficient (Wildman–Crippen LogP) is 2.93. The first-order chi connectivity index (χ1) is 17.0. The van der Waals surface area contributed by atoms with Crippen LogP contribution in [-0.4, -0.2) is 49.5 Å². The van der Waals surface area contributed by atoms with E-state index < -0.39 is 33.2 Å². The Morgan fingerprint density at radius 3 is 2.81 bits per heavy atom. The number of rotatable bonds is 7. The van der Waals surface area contributed by atoms with Gasteiger partial charge in [0.15, 0.2) is 11.9 Å². The molecule has 1 atom stereocenters. The van der Waals surface area contributed by atoms with Gasteiger partial charge in [-0.25, -0.2) is 9.79 Å². The Kier molecular flexibility index (Phi) is 6.80. The van der Waals surface area contributed by atoms with E-state index in [0.717, 1.165) is 6.07 Å². The molecular weight excluding hydrogens is 507 g/mol. The number of halogens is 3. The van der Waals surface area contributed by atoms with E-state index in [-0.39, 0.29) is 37.9 Å². The van der Waals surface area contributed by atoms with Crippen LogP contribution in [0.4, 0.5) is 13.2 Å². The second-order valence-corrected chi connectivity index (χ2v) is 9.19. The van der Waals surface area contributed by atoms with Gasteiger partial charge >= 0.3 is 21.3 Å². The highest BCUT2D eigenvalue weighted by atomic mass is 32.2. The number of hydrogen-bond donors (Lipinski definition) is 0. The zero-order chi connectivity index (χ0) is 26.1. The van der Waals surface area contributed by atoms with Crippen LogP contribution in [0.2, 0.25) is 0 Å². The fourth-order valence-corrected chi connectivity index (χ4v) is 4.09. The van der Waals surface area contributed by atoms with Gasteiger partial charge in [0.1, 0.15) is 19.0 Å². The summed E-state index contributed by atoms with van der Waals surface area (Å²) in [4.78, 5) is 20.3. The third-order valence-electron chi connectivity index (χ3n) is 5.22. The molecule has 0 saturated heterocycles. The van der Waals surface area contributed by atoms with Crippen molar-refractivity contribution in [3.63, 3.8) is 0 Å². The molecular formula is C22H20F3N3O7S. The van der Waals surface area contributed by atoms with Crippen molar-refractivity contribution in [1.29, 1.82) is 0 Å². The van der Waals surface area contributed by atoms with Gasteiger partial charge in [-0.05, 0) is 49.9 Å². The largest absolute Gasteiger partial charge is 0.534 e. The van der Waals surface area contributed by atoms with Crippen LogP contribution in [0.25, 0.3) is 11.3 Å². The summed E-state index contributed by atoms with van der Waals surface area (Å²) in [5.41, 5.74) is -4.73. The Morgan fingerprint density at radius 2 is 2.11 bits per heavy atom. The van der Waals surface area contributed by atoms with Gasteiger partial charge in [-0.2, -0.15) is 26.6 Å². The highest BCUT2D eigenvalue weighted by molar-refractivity contribution is 7.88. The van der Waals surface area contributed by atoms with Crippen molar-refractivity contribution < 1.29 is 40.0 Å². The number of allylic oxidation sites excluding steroid dienone is 2. The lowest BCUT2D eigenvalue weighted by molar-refractivity contribution is -0.0500. The number of benzene rings is 1. The van der Waals surface area contributed by atoms with Gasteiger partial charge in [0.05, 0.1) is 5.69 Å². The Hall–Kier alpha value is -3.81. The maximum absolute atomic E-state index is 12.6. The smallest absolute Gasteiger partial charge is 0.478 e. The van der Waals surface area contributed by atoms with E-state index in [9.17, 15) is 26.4 Å². The SMILES string of the molecule is C=NC1=C(/C=C\C)OC(COc2cc3n(c(=O)n2)CCc2cc(OS(=O)(=O)C(F)(F)F)ccc2-3)CO1. The second-order valence-electron chi connectivity index (χ2n) is 7.66. The van der Waals surface area contributed by atoms with Crippen LogP contribution in [0, 0.1) is 0 Å². The molecule has 10 nitrogen and oxygen atoms in total. The maximum Gasteiger partial charge on any atom is 0.534 e. The topological polar surface area (TPSA) is 118 Å². The number of hydrogen-bond acceptors (Lipinski definition) is 9. The number of alkyl halides is 3. The predicted molar refractivity (Wildman–Crippen MR) is 121 cm³/mol. The lowest BCUT2D eigenvalue weighted by Crippen LogP contribution is -2.32. The van der Waals surface area contributed by atoms with E-state index in [4.69, 9.17) is 14.2 Å². The molecule has 2 aliphatic rings. The molecule has 0 radical (unpaired) electrons. The molecule has 0 bridgehead atoms. The number of aryl methyl sites for hydroxylation is 1. The van der Waals surface area contributed by atoms with Crippen LogP contribution in [-0.2, 0) is 32.6 Å². The first kappa shape index (κ1) is 25.3. The van der Waals surface area contributed by atoms with Crippen molar-refractivity contribution in [2.45, 2.75) is 31.5 Å². The molecule has 2 aromatic rings. The molecule has 0 saturated carbocycles. The molecule has 1 aromatic heterocycles. The summed E-state index contributed by atoms with van der Waals surface area (Å²) >= 11 is 0. The molecule has 1 aromatic carbocycles. The summed E-state index contributed by atoms with van der Waals surface area (Å²) in [6.45, 7) is 5.53. The Morgan fingerprint density at radius 1 is 1.33 bits per heavy atom. The van der Waals surface area contributed by atoms with Crippen LogP contribution in [0.1, 0.15) is 12.5 Å². The lowest BCUT2D eigenvalue weighted by Gasteiger charge is -2.26. The minimum atomic E-state index is -5.81. The van der Waals surface area contributed by atoms with Gasteiger partial charge in [-0.1, -0.05) is 6.08 Å². The van der Waals surface area contributed by atoms with E-state index in [1.54, 1.807) is 19.1 Å². The number of ether oxygens (including phenoxy) is 3. The average molecular weight is 527 g/mol. The lowest BCUT2D eigenvalue weighted by atomic mass is 9.97. The van der Waals surface area contributed by atoms with Crippen LogP contribution < -0.4 is 14.6 Å². The summed E-state index contributed by atoms with van der Waals surface area (Å²) < 4.78 is 83.1. The Labute approximate surface area is 203 Å². The second kappa shape index (κ2) is 9.68. The molecule has 14 heteroatoms. The molecule has 2 aliphatic heterocycles. The third-order valence-corrected chi connectivity index (χ3v) is 6.20. The first-order valence-electron chi connectivity index (χ1n) is 10.5. The number of nitrogens with zero attached hydrogens (tertiary/aromatic N) is 3. The van der Waals surface area contributed by atoms with Crippen molar-refractivity contribution in [1.82, 2.24) is 9.55 Å². The highest BCUT2D eigenvalue weighted by Gasteiger charge is 2.48. The summed E-state index contributed by atoms with van der Waals surface area (Å²) in [5, 5.41) is 0. The Bertz CT molecular complexity index is 1410. The highest BCUT2D eigenvalue weighted by Crippen LogP contribution is 2.34. The molecule has 4 rings (SSSR count). The van der Waals surface area contributed by atoms with Crippen molar-refractivity contribution in [2.24, 2.45) is 4.99 Å². The molecule has 0 aliphatic carbocycles. The molecule has 0 amide bonds. The van der Waals surface area contributed by atoms with Crippen LogP contribution in [0.3, 0.4) is 0 Å². The summed E-state index contributed by atoms with van der Waals surface area (Å²) in [7, 11) is -5.81. The van der Waals surface area contributed by atoms with Gasteiger partial charge in [0.2, 0.25) is 5.88 Å². The van der Waals surface area contributed by atoms with Gasteiger partial charge in [-0.3, -0.25) is 4.57 Å². The average Bonchev–Trinajstić information content (AvgIpc) is 2.82. The summed E-state index contributed by atoms with van der Waals surface area (Å²) in [5.74, 6) is 0.148. The van der Waals surface area contributed by atoms with Crippen LogP contribution >= 0.6 is 0 Å². The van der Waals surface area contributed by atoms with Crippen LogP contribution in [0.5, 0.6) is 11.6 Å². The summed E-state index contributed by atoms with van der Waals surface area (Å²) in [6.07, 6.45) is 3.13. The standard InChI is InChI=1S/C22H20F3N3O7S/c1-3-4-18-20(26-2)33-12-15(34-18)11-32-19-10-17-16-6-5-14(35-36(30,31)22(23,24)25)9-13(16)7-8-28(17)21(29)27-19/h3-6,9-10,15H,2,7-8,11-12H2,1H3/b4-3-. The van der Waals surface area contributed by atoms with Crippen molar-refractivity contribution >= 4 is 16.8 Å². The van der Waals surface area contributed by atoms with Gasteiger partial charge in [-0.15, -0.1) is 0 Å². The Balaban J connectivity index is 1.55. The molecule has 0 fully saturated rings. The summed E-state index contributed by atoms with van der Waals surface area (Å²) in [6, 6.07) is 5.16. The molecule has 1 unspecified atom stereocenters.